The van der Waals surface area contributed by atoms with Gasteiger partial charge < -0.3 is 0 Å². The predicted molar refractivity (Wildman–Crippen MR) is 233 cm³/mol. The van der Waals surface area contributed by atoms with Crippen LogP contribution in [0.3, 0.4) is 0 Å². The summed E-state index contributed by atoms with van der Waals surface area (Å²) in [6.07, 6.45) is 0. The smallest absolute Gasteiger partial charge is 0.160 e. The Kier molecular flexibility index (Phi) is 8.51. The Labute approximate surface area is 326 Å². The highest BCUT2D eigenvalue weighted by atomic mass is 14.9. The van der Waals surface area contributed by atoms with Crippen molar-refractivity contribution in [3.8, 4) is 78.5 Å². The Bertz CT molecular complexity index is 2920. The van der Waals surface area contributed by atoms with Crippen LogP contribution in [0.1, 0.15) is 0 Å². The quantitative estimate of drug-likeness (QED) is 0.154. The molecule has 0 atom stereocenters. The Morgan fingerprint density at radius 2 is 0.732 bits per heavy atom. The molecule has 2 aromatic heterocycles. The summed E-state index contributed by atoms with van der Waals surface area (Å²) in [6.45, 7) is 0. The third kappa shape index (κ3) is 6.31. The fourth-order valence-corrected chi connectivity index (χ4v) is 7.68. The standard InChI is InChI=1S/C53H35N3/c1-5-16-37(17-6-1)46-34-48(39-18-7-2-8-19-39)54-52-47(33-43-24-13-14-27-45(43)51(46)52)38-30-28-36(29-31-38)42-25-15-26-44(32-42)53-55-49(40-20-9-3-10-21-40)35-50(56-53)41-22-11-4-12-23-41/h1-35H. The van der Waals surface area contributed by atoms with Crippen molar-refractivity contribution >= 4 is 21.7 Å². The van der Waals surface area contributed by atoms with Gasteiger partial charge in [0.1, 0.15) is 0 Å². The van der Waals surface area contributed by atoms with Crippen LogP contribution in [0.5, 0.6) is 0 Å². The molecule has 3 nitrogen and oxygen atoms in total. The molecule has 10 aromatic rings. The molecule has 56 heavy (non-hydrogen) atoms. The summed E-state index contributed by atoms with van der Waals surface area (Å²) in [7, 11) is 0. The molecule has 0 bridgehead atoms. The van der Waals surface area contributed by atoms with Crippen LogP contribution < -0.4 is 0 Å². The molecule has 0 aliphatic rings. The molecule has 0 amide bonds. The molecule has 0 fully saturated rings. The molecule has 3 heteroatoms. The minimum absolute atomic E-state index is 0.695. The fourth-order valence-electron chi connectivity index (χ4n) is 7.68. The Balaban J connectivity index is 1.09. The number of aromatic nitrogens is 3. The average Bonchev–Trinajstić information content (AvgIpc) is 3.29. The van der Waals surface area contributed by atoms with Gasteiger partial charge in [0.05, 0.1) is 22.6 Å². The molecule has 0 N–H and O–H groups in total. The maximum atomic E-state index is 5.43. The monoisotopic (exact) mass is 713 g/mol. The predicted octanol–water partition coefficient (Wildman–Crippen LogP) is 13.8. The van der Waals surface area contributed by atoms with Gasteiger partial charge in [0, 0.05) is 33.2 Å². The summed E-state index contributed by atoms with van der Waals surface area (Å²) < 4.78 is 0. The topological polar surface area (TPSA) is 38.7 Å². The summed E-state index contributed by atoms with van der Waals surface area (Å²) in [4.78, 5) is 15.6. The third-order valence-electron chi connectivity index (χ3n) is 10.5. The van der Waals surface area contributed by atoms with Crippen LogP contribution in [0.15, 0.2) is 212 Å². The van der Waals surface area contributed by atoms with Gasteiger partial charge in [-0.1, -0.05) is 188 Å². The van der Waals surface area contributed by atoms with Gasteiger partial charge in [-0.05, 0) is 62.9 Å². The lowest BCUT2D eigenvalue weighted by molar-refractivity contribution is 1.18. The van der Waals surface area contributed by atoms with Gasteiger partial charge in [-0.2, -0.15) is 0 Å². The minimum Gasteiger partial charge on any atom is -0.247 e. The second-order valence-corrected chi connectivity index (χ2v) is 14.0. The van der Waals surface area contributed by atoms with Gasteiger partial charge in [-0.25, -0.2) is 15.0 Å². The van der Waals surface area contributed by atoms with Crippen LogP contribution in [-0.4, -0.2) is 15.0 Å². The van der Waals surface area contributed by atoms with E-state index in [9.17, 15) is 0 Å². The van der Waals surface area contributed by atoms with Crippen LogP contribution >= 0.6 is 0 Å². The zero-order valence-electron chi connectivity index (χ0n) is 30.5. The maximum absolute atomic E-state index is 5.43. The Hall–Kier alpha value is -7.49. The van der Waals surface area contributed by atoms with Crippen molar-refractivity contribution in [2.75, 3.05) is 0 Å². The van der Waals surface area contributed by atoms with Crippen LogP contribution in [0.2, 0.25) is 0 Å². The maximum Gasteiger partial charge on any atom is 0.160 e. The van der Waals surface area contributed by atoms with Crippen molar-refractivity contribution < 1.29 is 0 Å². The largest absolute Gasteiger partial charge is 0.247 e. The zero-order valence-corrected chi connectivity index (χ0v) is 30.5. The summed E-state index contributed by atoms with van der Waals surface area (Å²) in [5, 5.41) is 3.54. The van der Waals surface area contributed by atoms with E-state index >= 15 is 0 Å². The zero-order chi connectivity index (χ0) is 37.3. The van der Waals surface area contributed by atoms with E-state index < -0.39 is 0 Å². The lowest BCUT2D eigenvalue weighted by Crippen LogP contribution is -1.96. The number of hydrogen-bond acceptors (Lipinski definition) is 3. The van der Waals surface area contributed by atoms with E-state index in [4.69, 9.17) is 15.0 Å². The molecule has 0 saturated carbocycles. The van der Waals surface area contributed by atoms with Crippen molar-refractivity contribution in [1.29, 1.82) is 0 Å². The van der Waals surface area contributed by atoms with Crippen molar-refractivity contribution in [2.45, 2.75) is 0 Å². The molecular weight excluding hydrogens is 679 g/mol. The van der Waals surface area contributed by atoms with E-state index in [-0.39, 0.29) is 0 Å². The van der Waals surface area contributed by atoms with E-state index in [0.717, 1.165) is 72.5 Å². The van der Waals surface area contributed by atoms with E-state index in [0.29, 0.717) is 5.82 Å². The summed E-state index contributed by atoms with van der Waals surface area (Å²) in [5.74, 6) is 0.695. The molecule has 2 heterocycles. The fraction of sp³-hybridized carbons (Fsp3) is 0. The van der Waals surface area contributed by atoms with Gasteiger partial charge in [0.2, 0.25) is 0 Å². The first-order valence-electron chi connectivity index (χ1n) is 18.9. The third-order valence-corrected chi connectivity index (χ3v) is 10.5. The number of nitrogens with zero attached hydrogens (tertiary/aromatic N) is 3. The van der Waals surface area contributed by atoms with Crippen molar-refractivity contribution in [2.24, 2.45) is 0 Å². The molecule has 0 spiro atoms. The molecule has 0 unspecified atom stereocenters. The van der Waals surface area contributed by atoms with Crippen LogP contribution in [0.4, 0.5) is 0 Å². The number of rotatable bonds is 7. The minimum atomic E-state index is 0.695. The molecule has 262 valence electrons. The molecule has 0 aliphatic heterocycles. The van der Waals surface area contributed by atoms with E-state index in [1.807, 2.05) is 36.4 Å². The Morgan fingerprint density at radius 3 is 1.34 bits per heavy atom. The van der Waals surface area contributed by atoms with Crippen LogP contribution in [-0.2, 0) is 0 Å². The molecule has 0 saturated heterocycles. The normalized spacial score (nSPS) is 11.2. The van der Waals surface area contributed by atoms with Gasteiger partial charge in [0.25, 0.3) is 0 Å². The first-order chi connectivity index (χ1) is 27.7. The SMILES string of the molecule is c1ccc(-c2cc(-c3ccccc3)nc(-c3cccc(-c4ccc(-c5cc6ccccc6c6c(-c7ccccc7)cc(-c7ccccc7)nc56)cc4)c3)n2)cc1. The van der Waals surface area contributed by atoms with E-state index in [2.05, 4.69) is 176 Å². The van der Waals surface area contributed by atoms with Crippen LogP contribution in [0.25, 0.3) is 100 Å². The Morgan fingerprint density at radius 1 is 0.268 bits per heavy atom. The summed E-state index contributed by atoms with van der Waals surface area (Å²) in [6, 6.07) is 74.5. The van der Waals surface area contributed by atoms with Crippen molar-refractivity contribution in [3.05, 3.63) is 212 Å². The van der Waals surface area contributed by atoms with E-state index in [1.54, 1.807) is 0 Å². The first kappa shape index (κ1) is 33.1. The summed E-state index contributed by atoms with van der Waals surface area (Å²) >= 11 is 0. The van der Waals surface area contributed by atoms with Gasteiger partial charge >= 0.3 is 0 Å². The number of fused-ring (bicyclic) bond motifs is 3. The van der Waals surface area contributed by atoms with Gasteiger partial charge in [-0.15, -0.1) is 0 Å². The summed E-state index contributed by atoms with van der Waals surface area (Å²) in [5.41, 5.74) is 14.7. The van der Waals surface area contributed by atoms with Crippen molar-refractivity contribution in [1.82, 2.24) is 15.0 Å². The number of benzene rings is 8. The number of hydrogen-bond donors (Lipinski definition) is 0. The average molecular weight is 714 g/mol. The molecule has 0 aliphatic carbocycles. The molecule has 0 radical (unpaired) electrons. The van der Waals surface area contributed by atoms with E-state index in [1.165, 1.54) is 21.9 Å². The van der Waals surface area contributed by atoms with Crippen molar-refractivity contribution in [3.63, 3.8) is 0 Å². The lowest BCUT2D eigenvalue weighted by Gasteiger charge is -2.17. The molecular formula is C53H35N3. The van der Waals surface area contributed by atoms with Gasteiger partial charge in [-0.3, -0.25) is 0 Å². The number of pyridine rings is 1. The van der Waals surface area contributed by atoms with Crippen LogP contribution in [0, 0.1) is 0 Å². The first-order valence-corrected chi connectivity index (χ1v) is 18.9. The molecule has 10 rings (SSSR count). The highest BCUT2D eigenvalue weighted by molar-refractivity contribution is 6.18. The second kappa shape index (κ2) is 14.4. The highest BCUT2D eigenvalue weighted by Crippen LogP contribution is 2.42. The highest BCUT2D eigenvalue weighted by Gasteiger charge is 2.18. The lowest BCUT2D eigenvalue weighted by atomic mass is 9.90. The molecule has 8 aromatic carbocycles. The second-order valence-electron chi connectivity index (χ2n) is 14.0. The van der Waals surface area contributed by atoms with Gasteiger partial charge in [0.15, 0.2) is 5.82 Å².